The van der Waals surface area contributed by atoms with Crippen LogP contribution >= 0.6 is 0 Å². The molecule has 0 spiro atoms. The van der Waals surface area contributed by atoms with Crippen LogP contribution in [0.5, 0.6) is 0 Å². The highest BCUT2D eigenvalue weighted by atomic mass is 16.4. The molecule has 0 aromatic carbocycles. The maximum atomic E-state index is 10.9. The van der Waals surface area contributed by atoms with Crippen LogP contribution in [0.2, 0.25) is 0 Å². The Hall–Kier alpha value is -2.58. The maximum Gasteiger partial charge on any atom is 0.395 e. The second-order valence-electron chi connectivity index (χ2n) is 2.34. The molecule has 1 heterocycles. The lowest BCUT2D eigenvalue weighted by Gasteiger charge is -2.19. The van der Waals surface area contributed by atoms with Gasteiger partial charge in [0, 0.05) is 0 Å². The summed E-state index contributed by atoms with van der Waals surface area (Å²) >= 11 is 0. The zero-order valence-electron chi connectivity index (χ0n) is 6.84. The fourth-order valence-electron chi connectivity index (χ4n) is 0.781. The molecule has 1 rings (SSSR count). The molecule has 5 amide bonds. The van der Waals surface area contributed by atoms with Crippen molar-refractivity contribution in [2.24, 2.45) is 0 Å². The average molecular weight is 214 g/mol. The third kappa shape index (κ3) is 1.57. The number of rotatable bonds is 0. The Morgan fingerprint density at radius 3 is 2.13 bits per heavy atom. The van der Waals surface area contributed by atoms with E-state index in [-0.39, 0.29) is 0 Å². The van der Waals surface area contributed by atoms with Gasteiger partial charge in [-0.25, -0.2) is 9.59 Å². The summed E-state index contributed by atoms with van der Waals surface area (Å²) < 4.78 is 0. The van der Waals surface area contributed by atoms with Crippen molar-refractivity contribution in [3.63, 3.8) is 0 Å². The van der Waals surface area contributed by atoms with Gasteiger partial charge < -0.3 is 5.11 Å². The number of urea groups is 1. The van der Waals surface area contributed by atoms with E-state index in [0.717, 1.165) is 0 Å². The number of carbonyl (C=O) groups excluding carboxylic acids is 5. The highest BCUT2D eigenvalue weighted by molar-refractivity contribution is 6.69. The molecule has 9 heteroatoms. The number of ketones is 1. The molecule has 0 saturated carbocycles. The number of nitrogens with zero attached hydrogens (tertiary/aromatic N) is 1. The maximum absolute atomic E-state index is 10.9. The number of hydrogen-bond donors (Lipinski definition) is 2. The standard InChI is InChI=1S/C6H2N2O7/c9-1-2(10)7-6(15)8(3(1)11)4(12)5(13)14/h(H,13,14)(H,7,10,15). The molecule has 9 nitrogen and oxygen atoms in total. The molecule has 15 heavy (non-hydrogen) atoms. The van der Waals surface area contributed by atoms with Crippen LogP contribution in [0.1, 0.15) is 0 Å². The van der Waals surface area contributed by atoms with E-state index in [9.17, 15) is 28.8 Å². The summed E-state index contributed by atoms with van der Waals surface area (Å²) in [6.07, 6.45) is 0. The molecule has 0 unspecified atom stereocenters. The molecule has 2 N–H and O–H groups in total. The lowest BCUT2D eigenvalue weighted by molar-refractivity contribution is -0.161. The van der Waals surface area contributed by atoms with Gasteiger partial charge in [0.05, 0.1) is 0 Å². The number of carboxylic acids is 1. The quantitative estimate of drug-likeness (QED) is 0.416. The Bertz CT molecular complexity index is 423. The summed E-state index contributed by atoms with van der Waals surface area (Å²) in [7, 11) is 0. The van der Waals surface area contributed by atoms with Crippen molar-refractivity contribution in [2.75, 3.05) is 0 Å². The first-order valence-corrected chi connectivity index (χ1v) is 3.37. The molecule has 1 aliphatic heterocycles. The van der Waals surface area contributed by atoms with Crippen molar-refractivity contribution < 1.29 is 33.9 Å². The van der Waals surface area contributed by atoms with Crippen molar-refractivity contribution in [1.82, 2.24) is 10.2 Å². The number of carbonyl (C=O) groups is 6. The Morgan fingerprint density at radius 2 is 1.67 bits per heavy atom. The van der Waals surface area contributed by atoms with Crippen LogP contribution in [0.3, 0.4) is 0 Å². The minimum atomic E-state index is -2.10. The van der Waals surface area contributed by atoms with E-state index < -0.39 is 40.4 Å². The van der Waals surface area contributed by atoms with Gasteiger partial charge in [0.25, 0.3) is 0 Å². The van der Waals surface area contributed by atoms with E-state index in [1.807, 2.05) is 0 Å². The molecular weight excluding hydrogens is 212 g/mol. The van der Waals surface area contributed by atoms with Crippen molar-refractivity contribution in [2.45, 2.75) is 0 Å². The average Bonchev–Trinajstić information content (AvgIpc) is 2.14. The smallest absolute Gasteiger partial charge is 0.395 e. The molecule has 0 aromatic heterocycles. The Morgan fingerprint density at radius 1 is 1.13 bits per heavy atom. The number of nitrogens with one attached hydrogen (secondary N) is 1. The molecule has 78 valence electrons. The summed E-state index contributed by atoms with van der Waals surface area (Å²) in [4.78, 5) is 63.5. The van der Waals surface area contributed by atoms with Gasteiger partial charge >= 0.3 is 35.5 Å². The monoisotopic (exact) mass is 214 g/mol. The van der Waals surface area contributed by atoms with E-state index >= 15 is 0 Å². The lowest BCUT2D eigenvalue weighted by atomic mass is 10.2. The first-order chi connectivity index (χ1) is 6.86. The number of imide groups is 4. The molecule has 1 fully saturated rings. The van der Waals surface area contributed by atoms with Crippen LogP contribution in [-0.2, 0) is 24.0 Å². The van der Waals surface area contributed by atoms with Crippen molar-refractivity contribution in [3.05, 3.63) is 0 Å². The first kappa shape index (κ1) is 10.5. The van der Waals surface area contributed by atoms with Crippen LogP contribution in [0.25, 0.3) is 0 Å². The van der Waals surface area contributed by atoms with Gasteiger partial charge in [0.1, 0.15) is 0 Å². The largest absolute Gasteiger partial charge is 0.474 e. The van der Waals surface area contributed by atoms with Crippen LogP contribution in [-0.4, -0.2) is 45.5 Å². The second kappa shape index (κ2) is 3.29. The number of barbiturate groups is 1. The molecule has 1 saturated heterocycles. The van der Waals surface area contributed by atoms with Gasteiger partial charge in [0.2, 0.25) is 0 Å². The third-order valence-electron chi connectivity index (χ3n) is 1.41. The second-order valence-corrected chi connectivity index (χ2v) is 2.34. The lowest BCUT2D eigenvalue weighted by Crippen LogP contribution is -2.61. The fourth-order valence-corrected chi connectivity index (χ4v) is 0.781. The van der Waals surface area contributed by atoms with Crippen LogP contribution < -0.4 is 5.32 Å². The first-order valence-electron chi connectivity index (χ1n) is 3.37. The van der Waals surface area contributed by atoms with Gasteiger partial charge in [-0.05, 0) is 0 Å². The van der Waals surface area contributed by atoms with Gasteiger partial charge in [-0.1, -0.05) is 0 Å². The zero-order chi connectivity index (χ0) is 11.7. The van der Waals surface area contributed by atoms with Crippen molar-refractivity contribution >= 4 is 35.5 Å². The van der Waals surface area contributed by atoms with E-state index in [1.54, 1.807) is 0 Å². The minimum absolute atomic E-state index is 0.452. The number of amides is 5. The van der Waals surface area contributed by atoms with Gasteiger partial charge in [-0.2, -0.15) is 4.90 Å². The Labute approximate surface area is 80.6 Å². The topological polar surface area (TPSA) is 138 Å². The van der Waals surface area contributed by atoms with Crippen LogP contribution in [0.4, 0.5) is 4.79 Å². The van der Waals surface area contributed by atoms with Crippen LogP contribution in [0.15, 0.2) is 0 Å². The molecular formula is C6H2N2O7. The highest BCUT2D eigenvalue weighted by Gasteiger charge is 2.44. The zero-order valence-corrected chi connectivity index (χ0v) is 6.84. The SMILES string of the molecule is O=C(O)C(=O)N1C(=O)NC(=O)C(=O)C1=O. The minimum Gasteiger partial charge on any atom is -0.474 e. The molecule has 0 radical (unpaired) electrons. The van der Waals surface area contributed by atoms with Crippen LogP contribution in [0, 0.1) is 0 Å². The van der Waals surface area contributed by atoms with Crippen molar-refractivity contribution in [1.29, 1.82) is 0 Å². The summed E-state index contributed by atoms with van der Waals surface area (Å²) in [5.41, 5.74) is 0. The molecule has 0 atom stereocenters. The van der Waals surface area contributed by atoms with Gasteiger partial charge in [-0.15, -0.1) is 0 Å². The van der Waals surface area contributed by atoms with Gasteiger partial charge in [0.15, 0.2) is 0 Å². The predicted octanol–water partition coefficient (Wildman–Crippen LogP) is -2.75. The highest BCUT2D eigenvalue weighted by Crippen LogP contribution is 2.00. The van der Waals surface area contributed by atoms with E-state index in [4.69, 9.17) is 5.11 Å². The third-order valence-corrected chi connectivity index (χ3v) is 1.41. The van der Waals surface area contributed by atoms with E-state index in [0.29, 0.717) is 0 Å². The number of carboxylic acid groups (broad SMARTS) is 1. The Kier molecular flexibility index (Phi) is 2.30. The Balaban J connectivity index is 3.09. The van der Waals surface area contributed by atoms with E-state index in [2.05, 4.69) is 0 Å². The summed E-state index contributed by atoms with van der Waals surface area (Å²) in [6, 6.07) is -1.56. The summed E-state index contributed by atoms with van der Waals surface area (Å²) in [5.74, 6) is -8.96. The summed E-state index contributed by atoms with van der Waals surface area (Å²) in [5, 5.41) is 9.54. The van der Waals surface area contributed by atoms with E-state index in [1.165, 1.54) is 5.32 Å². The molecule has 0 aliphatic carbocycles. The number of Topliss-reactive ketones (excluding diaryl/α,β-unsaturated/α-hetero) is 1. The predicted molar refractivity (Wildman–Crippen MR) is 38.0 cm³/mol. The number of hydrogen-bond acceptors (Lipinski definition) is 6. The van der Waals surface area contributed by atoms with Crippen molar-refractivity contribution in [3.8, 4) is 0 Å². The normalized spacial score (nSPS) is 16.4. The molecule has 1 aliphatic rings. The molecule has 0 aromatic rings. The van der Waals surface area contributed by atoms with Gasteiger partial charge in [-0.3, -0.25) is 24.5 Å². The number of aliphatic carboxylic acids is 1. The molecule has 0 bridgehead atoms. The fraction of sp³-hybridized carbons (Fsp3) is 0. The summed E-state index contributed by atoms with van der Waals surface area (Å²) in [6.45, 7) is 0.